The number of aliphatic hydroxyl groups is 1. The molecule has 0 saturated heterocycles. The summed E-state index contributed by atoms with van der Waals surface area (Å²) >= 11 is 3.36. The summed E-state index contributed by atoms with van der Waals surface area (Å²) in [6.07, 6.45) is 0. The van der Waals surface area contributed by atoms with Gasteiger partial charge in [0.05, 0.1) is 18.2 Å². The number of halogens is 2. The fraction of sp³-hybridized carbons (Fsp3) is 0.417. The molecule has 0 heterocycles. The molecule has 0 aliphatic rings. The summed E-state index contributed by atoms with van der Waals surface area (Å²) in [6.45, 7) is 0.973. The molecule has 0 atom stereocenters. The van der Waals surface area contributed by atoms with Crippen molar-refractivity contribution in [3.8, 4) is 11.5 Å². The summed E-state index contributed by atoms with van der Waals surface area (Å²) in [5, 5.41) is 11.8. The van der Waals surface area contributed by atoms with E-state index in [9.17, 15) is 4.79 Å². The van der Waals surface area contributed by atoms with Crippen LogP contribution in [-0.2, 0) is 11.3 Å². The summed E-state index contributed by atoms with van der Waals surface area (Å²) in [5.74, 6) is 0.395. The largest absolute Gasteiger partial charge is 0.493 e. The van der Waals surface area contributed by atoms with Gasteiger partial charge < -0.3 is 25.6 Å². The number of nitrogens with two attached hydrogens (primary N) is 1. The molecular weight excluding hydrogens is 351 g/mol. The third kappa shape index (κ3) is 5.96. The number of hydrogen-bond acceptors (Lipinski definition) is 5. The van der Waals surface area contributed by atoms with Crippen LogP contribution in [-0.4, -0.2) is 37.9 Å². The Bertz CT molecular complexity index is 446. The summed E-state index contributed by atoms with van der Waals surface area (Å²) in [5.41, 5.74) is 6.00. The topological polar surface area (TPSA) is 93.8 Å². The van der Waals surface area contributed by atoms with Crippen LogP contribution in [0.5, 0.6) is 11.5 Å². The van der Waals surface area contributed by atoms with E-state index in [1.165, 1.54) is 7.11 Å². The van der Waals surface area contributed by atoms with Gasteiger partial charge in [0.15, 0.2) is 18.1 Å². The van der Waals surface area contributed by atoms with Crippen LogP contribution in [0.3, 0.4) is 0 Å². The third-order valence-corrected chi connectivity index (χ3v) is 2.85. The van der Waals surface area contributed by atoms with Crippen molar-refractivity contribution in [3.05, 3.63) is 22.2 Å². The lowest BCUT2D eigenvalue weighted by atomic mass is 10.2. The lowest BCUT2D eigenvalue weighted by molar-refractivity contribution is -0.119. The molecule has 0 aliphatic carbocycles. The van der Waals surface area contributed by atoms with E-state index in [4.69, 9.17) is 20.3 Å². The molecule has 0 fully saturated rings. The van der Waals surface area contributed by atoms with Gasteiger partial charge in [-0.2, -0.15) is 0 Å². The van der Waals surface area contributed by atoms with E-state index in [0.29, 0.717) is 29.1 Å². The Morgan fingerprint density at radius 2 is 2.20 bits per heavy atom. The summed E-state index contributed by atoms with van der Waals surface area (Å²) in [7, 11) is 1.52. The molecule has 1 aromatic carbocycles. The molecule has 8 heteroatoms. The molecule has 0 unspecified atom stereocenters. The van der Waals surface area contributed by atoms with E-state index in [0.717, 1.165) is 5.56 Å². The number of primary amides is 1. The first kappa shape index (κ1) is 19.0. The molecule has 6 nitrogen and oxygen atoms in total. The Kier molecular flexibility index (Phi) is 9.32. The Morgan fingerprint density at radius 1 is 1.50 bits per heavy atom. The van der Waals surface area contributed by atoms with E-state index >= 15 is 0 Å². The number of hydrogen-bond donors (Lipinski definition) is 3. The smallest absolute Gasteiger partial charge is 0.255 e. The predicted octanol–water partition coefficient (Wildman–Crippen LogP) is 0.825. The van der Waals surface area contributed by atoms with Crippen molar-refractivity contribution < 1.29 is 19.4 Å². The number of aliphatic hydroxyl groups excluding tert-OH is 1. The van der Waals surface area contributed by atoms with Crippen LogP contribution in [0.2, 0.25) is 0 Å². The van der Waals surface area contributed by atoms with Crippen molar-refractivity contribution in [2.24, 2.45) is 5.73 Å². The van der Waals surface area contributed by atoms with Gasteiger partial charge in [-0.3, -0.25) is 4.79 Å². The van der Waals surface area contributed by atoms with Crippen LogP contribution in [0.1, 0.15) is 5.56 Å². The quantitative estimate of drug-likeness (QED) is 0.590. The number of methoxy groups -OCH3 is 1. The van der Waals surface area contributed by atoms with Gasteiger partial charge in [0.2, 0.25) is 0 Å². The van der Waals surface area contributed by atoms with E-state index in [1.54, 1.807) is 6.07 Å². The van der Waals surface area contributed by atoms with Gasteiger partial charge in [-0.1, -0.05) is 0 Å². The number of rotatable bonds is 8. The maximum atomic E-state index is 10.7. The van der Waals surface area contributed by atoms with Gasteiger partial charge in [-0.05, 0) is 33.6 Å². The zero-order chi connectivity index (χ0) is 14.3. The van der Waals surface area contributed by atoms with Crippen molar-refractivity contribution in [2.45, 2.75) is 6.54 Å². The third-order valence-electron chi connectivity index (χ3n) is 2.27. The number of carbonyl (C=O) groups excluding carboxylic acids is 1. The lowest BCUT2D eigenvalue weighted by Crippen LogP contribution is -2.20. The maximum absolute atomic E-state index is 10.7. The van der Waals surface area contributed by atoms with Crippen molar-refractivity contribution in [1.82, 2.24) is 5.32 Å². The molecule has 1 amide bonds. The molecule has 0 saturated carbocycles. The first-order valence-corrected chi connectivity index (χ1v) is 6.47. The Hall–Kier alpha value is -1.02. The standard InChI is InChI=1S/C12H17BrN2O4.ClH/c1-18-10-5-8(6-15-2-3-16)4-9(13)12(10)19-7-11(14)17;/h4-5,15-16H,2-3,6-7H2,1H3,(H2,14,17);1H. The fourth-order valence-corrected chi connectivity index (χ4v) is 2.07. The van der Waals surface area contributed by atoms with E-state index in [2.05, 4.69) is 21.2 Å². The van der Waals surface area contributed by atoms with Crippen LogP contribution in [0.4, 0.5) is 0 Å². The molecule has 114 valence electrons. The zero-order valence-electron chi connectivity index (χ0n) is 11.0. The van der Waals surface area contributed by atoms with Crippen LogP contribution >= 0.6 is 28.3 Å². The monoisotopic (exact) mass is 368 g/mol. The highest BCUT2D eigenvalue weighted by Crippen LogP contribution is 2.36. The molecule has 0 radical (unpaired) electrons. The molecule has 0 bridgehead atoms. The van der Waals surface area contributed by atoms with E-state index in [1.807, 2.05) is 6.07 Å². The minimum absolute atomic E-state index is 0. The Morgan fingerprint density at radius 3 is 2.75 bits per heavy atom. The molecule has 0 aromatic heterocycles. The van der Waals surface area contributed by atoms with Gasteiger partial charge in [0.25, 0.3) is 5.91 Å². The van der Waals surface area contributed by atoms with Gasteiger partial charge in [-0.15, -0.1) is 12.4 Å². The van der Waals surface area contributed by atoms with Crippen molar-refractivity contribution in [3.63, 3.8) is 0 Å². The normalized spacial score (nSPS) is 9.75. The Labute approximate surface area is 132 Å². The average Bonchev–Trinajstić information content (AvgIpc) is 2.37. The predicted molar refractivity (Wildman–Crippen MR) is 81.4 cm³/mol. The van der Waals surface area contributed by atoms with Crippen molar-refractivity contribution in [2.75, 3.05) is 26.9 Å². The minimum Gasteiger partial charge on any atom is -0.493 e. The van der Waals surface area contributed by atoms with Crippen molar-refractivity contribution >= 4 is 34.2 Å². The fourth-order valence-electron chi connectivity index (χ4n) is 1.47. The lowest BCUT2D eigenvalue weighted by Gasteiger charge is -2.13. The van der Waals surface area contributed by atoms with Gasteiger partial charge in [0, 0.05) is 13.1 Å². The average molecular weight is 370 g/mol. The molecule has 1 aromatic rings. The number of carbonyl (C=O) groups is 1. The number of ether oxygens (including phenoxy) is 2. The molecule has 0 aliphatic heterocycles. The molecule has 4 N–H and O–H groups in total. The number of benzene rings is 1. The van der Waals surface area contributed by atoms with E-state index < -0.39 is 5.91 Å². The summed E-state index contributed by atoms with van der Waals surface area (Å²) in [4.78, 5) is 10.7. The van der Waals surface area contributed by atoms with Gasteiger partial charge in [-0.25, -0.2) is 0 Å². The summed E-state index contributed by atoms with van der Waals surface area (Å²) in [6, 6.07) is 3.65. The highest BCUT2D eigenvalue weighted by atomic mass is 79.9. The molecular formula is C12H18BrClN2O4. The number of amides is 1. The van der Waals surface area contributed by atoms with Gasteiger partial charge in [0.1, 0.15) is 0 Å². The van der Waals surface area contributed by atoms with Crippen LogP contribution in [0.25, 0.3) is 0 Å². The second kappa shape index (κ2) is 9.82. The minimum atomic E-state index is -0.553. The SMILES string of the molecule is COc1cc(CNCCO)cc(Br)c1OCC(N)=O.Cl. The first-order valence-electron chi connectivity index (χ1n) is 5.67. The number of nitrogens with one attached hydrogen (secondary N) is 1. The zero-order valence-corrected chi connectivity index (χ0v) is 13.4. The van der Waals surface area contributed by atoms with Crippen LogP contribution < -0.4 is 20.5 Å². The second-order valence-corrected chi connectivity index (χ2v) is 4.62. The second-order valence-electron chi connectivity index (χ2n) is 3.76. The molecule has 1 rings (SSSR count). The van der Waals surface area contributed by atoms with E-state index in [-0.39, 0.29) is 25.6 Å². The maximum Gasteiger partial charge on any atom is 0.255 e. The Balaban J connectivity index is 0.00000361. The van der Waals surface area contributed by atoms with Crippen LogP contribution in [0.15, 0.2) is 16.6 Å². The summed E-state index contributed by atoms with van der Waals surface area (Å²) < 4.78 is 11.2. The highest BCUT2D eigenvalue weighted by molar-refractivity contribution is 9.10. The highest BCUT2D eigenvalue weighted by Gasteiger charge is 2.12. The van der Waals surface area contributed by atoms with Gasteiger partial charge >= 0.3 is 0 Å². The first-order chi connectivity index (χ1) is 9.08. The van der Waals surface area contributed by atoms with Crippen LogP contribution in [0, 0.1) is 0 Å². The molecule has 20 heavy (non-hydrogen) atoms. The molecule has 0 spiro atoms. The van der Waals surface area contributed by atoms with Crippen molar-refractivity contribution in [1.29, 1.82) is 0 Å².